The number of Topliss-reactive ketones (excluding diaryl/α,β-unsaturated/α-hetero) is 1. The number of hydrogen-bond acceptors (Lipinski definition) is 3. The number of carbonyl (C=O) groups is 1. The topological polar surface area (TPSA) is 41.1 Å². The van der Waals surface area contributed by atoms with Gasteiger partial charge in [-0.25, -0.2) is 0 Å². The van der Waals surface area contributed by atoms with E-state index in [1.807, 2.05) is 0 Å². The Morgan fingerprint density at radius 3 is 2.56 bits per heavy atom. The van der Waals surface area contributed by atoms with Gasteiger partial charge in [0.1, 0.15) is 0 Å². The number of thiocarbonyl (C=S) groups is 2. The molecule has 1 aliphatic heterocycles. The summed E-state index contributed by atoms with van der Waals surface area (Å²) in [6.45, 7) is 0.227. The molecular formula is C4H4N2OS2. The summed E-state index contributed by atoms with van der Waals surface area (Å²) in [5.41, 5.74) is 0. The van der Waals surface area contributed by atoms with E-state index in [1.54, 1.807) is 0 Å². The second-order valence-electron chi connectivity index (χ2n) is 1.56. The van der Waals surface area contributed by atoms with Crippen molar-refractivity contribution in [2.75, 3.05) is 6.54 Å². The monoisotopic (exact) mass is 160 g/mol. The van der Waals surface area contributed by atoms with Crippen molar-refractivity contribution in [2.45, 2.75) is 0 Å². The van der Waals surface area contributed by atoms with E-state index in [9.17, 15) is 4.79 Å². The third-order valence-electron chi connectivity index (χ3n) is 0.890. The smallest absolute Gasteiger partial charge is 0.209 e. The van der Waals surface area contributed by atoms with Gasteiger partial charge < -0.3 is 10.6 Å². The zero-order chi connectivity index (χ0) is 6.85. The largest absolute Gasteiger partial charge is 0.355 e. The standard InChI is InChI=1S/C4H4N2OS2/c7-2-1-5-4(9)6-3(2)8/h1H2,(H2,5,6,8,9). The van der Waals surface area contributed by atoms with Gasteiger partial charge >= 0.3 is 0 Å². The number of hydrogen-bond donors (Lipinski definition) is 2. The molecule has 1 rings (SSSR count). The normalized spacial score (nSPS) is 18.9. The zero-order valence-corrected chi connectivity index (χ0v) is 6.06. The molecule has 9 heavy (non-hydrogen) atoms. The second-order valence-corrected chi connectivity index (χ2v) is 2.38. The lowest BCUT2D eigenvalue weighted by atomic mass is 10.3. The van der Waals surface area contributed by atoms with E-state index in [0.717, 1.165) is 0 Å². The number of rotatable bonds is 0. The summed E-state index contributed by atoms with van der Waals surface area (Å²) in [5, 5.41) is 5.61. The highest BCUT2D eigenvalue weighted by Gasteiger charge is 2.15. The highest BCUT2D eigenvalue weighted by atomic mass is 32.1. The van der Waals surface area contributed by atoms with E-state index in [1.165, 1.54) is 0 Å². The molecule has 5 heteroatoms. The zero-order valence-electron chi connectivity index (χ0n) is 4.43. The van der Waals surface area contributed by atoms with Crippen LogP contribution in [0, 0.1) is 0 Å². The minimum absolute atomic E-state index is 0.112. The van der Waals surface area contributed by atoms with Crippen LogP contribution < -0.4 is 10.6 Å². The van der Waals surface area contributed by atoms with E-state index in [-0.39, 0.29) is 17.3 Å². The molecule has 0 aromatic heterocycles. The summed E-state index contributed by atoms with van der Waals surface area (Å²) >= 11 is 9.29. The predicted octanol–water partition coefficient (Wildman–Crippen LogP) is -0.639. The molecule has 0 unspecified atom stereocenters. The molecule has 0 bridgehead atoms. The first-order valence-electron chi connectivity index (χ1n) is 2.32. The summed E-state index contributed by atoms with van der Waals surface area (Å²) in [6, 6.07) is 0. The predicted molar refractivity (Wildman–Crippen MR) is 41.3 cm³/mol. The van der Waals surface area contributed by atoms with Gasteiger partial charge in [-0.05, 0) is 12.2 Å². The van der Waals surface area contributed by atoms with Gasteiger partial charge in [-0.15, -0.1) is 0 Å². The Morgan fingerprint density at radius 2 is 2.11 bits per heavy atom. The number of carbonyl (C=O) groups excluding carboxylic acids is 1. The van der Waals surface area contributed by atoms with Crippen molar-refractivity contribution in [3.8, 4) is 0 Å². The van der Waals surface area contributed by atoms with Gasteiger partial charge in [0.15, 0.2) is 10.1 Å². The van der Waals surface area contributed by atoms with Crippen molar-refractivity contribution < 1.29 is 4.79 Å². The lowest BCUT2D eigenvalue weighted by Gasteiger charge is -2.15. The van der Waals surface area contributed by atoms with Crippen LogP contribution in [0.4, 0.5) is 0 Å². The fourth-order valence-corrected chi connectivity index (χ4v) is 0.871. The first-order valence-corrected chi connectivity index (χ1v) is 3.14. The molecule has 1 heterocycles. The van der Waals surface area contributed by atoms with Gasteiger partial charge in [0, 0.05) is 0 Å². The number of ketones is 1. The molecule has 0 amide bonds. The van der Waals surface area contributed by atoms with Crippen LogP contribution in [0.25, 0.3) is 0 Å². The molecule has 48 valence electrons. The number of nitrogens with one attached hydrogen (secondary N) is 2. The van der Waals surface area contributed by atoms with Gasteiger partial charge in [0.05, 0.1) is 6.54 Å². The molecule has 1 fully saturated rings. The van der Waals surface area contributed by atoms with Crippen LogP contribution in [-0.4, -0.2) is 22.4 Å². The fourth-order valence-electron chi connectivity index (χ4n) is 0.458. The van der Waals surface area contributed by atoms with Crippen LogP contribution in [0.2, 0.25) is 0 Å². The lowest BCUT2D eigenvalue weighted by molar-refractivity contribution is -0.112. The average Bonchev–Trinajstić information content (AvgIpc) is 1.80. The maximum absolute atomic E-state index is 10.6. The van der Waals surface area contributed by atoms with Crippen LogP contribution in [0.15, 0.2) is 0 Å². The molecule has 0 aromatic rings. The van der Waals surface area contributed by atoms with Crippen molar-refractivity contribution in [3.05, 3.63) is 0 Å². The summed E-state index contributed by atoms with van der Waals surface area (Å²) in [7, 11) is 0. The molecule has 1 saturated heterocycles. The summed E-state index contributed by atoms with van der Waals surface area (Å²) in [5.74, 6) is -0.112. The molecule has 0 spiro atoms. The van der Waals surface area contributed by atoms with Crippen LogP contribution in [0.1, 0.15) is 0 Å². The Morgan fingerprint density at radius 1 is 1.44 bits per heavy atom. The van der Waals surface area contributed by atoms with Crippen molar-refractivity contribution in [2.24, 2.45) is 0 Å². The maximum Gasteiger partial charge on any atom is 0.209 e. The molecular weight excluding hydrogens is 156 g/mol. The first kappa shape index (κ1) is 6.57. The van der Waals surface area contributed by atoms with E-state index in [4.69, 9.17) is 0 Å². The van der Waals surface area contributed by atoms with Gasteiger partial charge in [-0.1, -0.05) is 12.2 Å². The van der Waals surface area contributed by atoms with Crippen LogP contribution in [0.3, 0.4) is 0 Å². The molecule has 0 aliphatic carbocycles. The Labute approximate surface area is 62.8 Å². The van der Waals surface area contributed by atoms with Gasteiger partial charge in [-0.3, -0.25) is 4.79 Å². The molecule has 0 saturated carbocycles. The summed E-state index contributed by atoms with van der Waals surface area (Å²) in [4.78, 5) is 10.8. The minimum atomic E-state index is -0.112. The third-order valence-corrected chi connectivity index (χ3v) is 1.47. The average molecular weight is 160 g/mol. The second kappa shape index (κ2) is 2.36. The van der Waals surface area contributed by atoms with Crippen molar-refractivity contribution >= 4 is 40.3 Å². The quantitative estimate of drug-likeness (QED) is 0.461. The van der Waals surface area contributed by atoms with Crippen molar-refractivity contribution in [1.82, 2.24) is 10.6 Å². The summed E-state index contributed by atoms with van der Waals surface area (Å²) in [6.07, 6.45) is 0. The molecule has 0 radical (unpaired) electrons. The minimum Gasteiger partial charge on any atom is -0.355 e. The Bertz CT molecular complexity index is 189. The van der Waals surface area contributed by atoms with Gasteiger partial charge in [0.2, 0.25) is 5.78 Å². The van der Waals surface area contributed by atoms with Gasteiger partial charge in [0.25, 0.3) is 0 Å². The van der Waals surface area contributed by atoms with E-state index < -0.39 is 0 Å². The maximum atomic E-state index is 10.6. The first-order chi connectivity index (χ1) is 4.20. The van der Waals surface area contributed by atoms with Gasteiger partial charge in [-0.2, -0.15) is 0 Å². The highest BCUT2D eigenvalue weighted by Crippen LogP contribution is 1.83. The molecule has 0 atom stereocenters. The molecule has 3 nitrogen and oxygen atoms in total. The Kier molecular flexibility index (Phi) is 1.73. The molecule has 0 aromatic carbocycles. The SMILES string of the molecule is O=C1CNC(=S)NC1=S. The molecule has 2 N–H and O–H groups in total. The summed E-state index contributed by atoms with van der Waals surface area (Å²) < 4.78 is 0. The van der Waals surface area contributed by atoms with Crippen molar-refractivity contribution in [1.29, 1.82) is 0 Å². The fraction of sp³-hybridized carbons (Fsp3) is 0.250. The van der Waals surface area contributed by atoms with E-state index in [0.29, 0.717) is 5.11 Å². The van der Waals surface area contributed by atoms with Crippen LogP contribution in [-0.2, 0) is 4.79 Å². The van der Waals surface area contributed by atoms with Crippen LogP contribution in [0.5, 0.6) is 0 Å². The third kappa shape index (κ3) is 1.43. The van der Waals surface area contributed by atoms with E-state index in [2.05, 4.69) is 35.1 Å². The Balaban J connectivity index is 2.64. The highest BCUT2D eigenvalue weighted by molar-refractivity contribution is 7.83. The Hall–Kier alpha value is -0.550. The van der Waals surface area contributed by atoms with Crippen molar-refractivity contribution in [3.63, 3.8) is 0 Å². The lowest BCUT2D eigenvalue weighted by Crippen LogP contribution is -2.51. The van der Waals surface area contributed by atoms with Crippen LogP contribution >= 0.6 is 24.4 Å². The molecule has 1 aliphatic rings. The van der Waals surface area contributed by atoms with E-state index >= 15 is 0 Å².